The van der Waals surface area contributed by atoms with Gasteiger partial charge < -0.3 is 14.8 Å². The highest BCUT2D eigenvalue weighted by Gasteiger charge is 2.19. The number of amides is 1. The highest BCUT2D eigenvalue weighted by molar-refractivity contribution is 5.99. The zero-order chi connectivity index (χ0) is 15.8. The Labute approximate surface area is 137 Å². The maximum Gasteiger partial charge on any atom is 0.253 e. The zero-order valence-electron chi connectivity index (χ0n) is 13.9. The highest BCUT2D eigenvalue weighted by Crippen LogP contribution is 2.29. The predicted molar refractivity (Wildman–Crippen MR) is 93.0 cm³/mol. The van der Waals surface area contributed by atoms with Crippen LogP contribution in [0.5, 0.6) is 0 Å². The van der Waals surface area contributed by atoms with E-state index in [-0.39, 0.29) is 5.91 Å². The number of nitrogens with one attached hydrogen (secondary N) is 1. The second-order valence-corrected chi connectivity index (χ2v) is 6.97. The van der Waals surface area contributed by atoms with Gasteiger partial charge in [0.25, 0.3) is 5.91 Å². The first-order chi connectivity index (χ1) is 11.2. The highest BCUT2D eigenvalue weighted by atomic mass is 16.2. The number of fused-ring (bicyclic) bond motifs is 3. The fourth-order valence-corrected chi connectivity index (χ4v) is 3.76. The van der Waals surface area contributed by atoms with Crippen molar-refractivity contribution in [3.05, 3.63) is 35.0 Å². The summed E-state index contributed by atoms with van der Waals surface area (Å²) in [7, 11) is 1.92. The third kappa shape index (κ3) is 2.76. The monoisotopic (exact) mass is 311 g/mol. The molecule has 1 aliphatic carbocycles. The van der Waals surface area contributed by atoms with Crippen LogP contribution in [0.25, 0.3) is 10.9 Å². The van der Waals surface area contributed by atoms with Crippen LogP contribution in [0, 0.1) is 0 Å². The van der Waals surface area contributed by atoms with E-state index in [4.69, 9.17) is 0 Å². The van der Waals surface area contributed by atoms with Crippen molar-refractivity contribution in [2.75, 3.05) is 33.2 Å². The average molecular weight is 311 g/mol. The number of hydrogen-bond acceptors (Lipinski definition) is 2. The van der Waals surface area contributed by atoms with Crippen LogP contribution in [0.2, 0.25) is 0 Å². The summed E-state index contributed by atoms with van der Waals surface area (Å²) in [5.74, 6) is 0.137. The van der Waals surface area contributed by atoms with Crippen molar-refractivity contribution in [1.29, 1.82) is 0 Å². The smallest absolute Gasteiger partial charge is 0.253 e. The number of carbonyl (C=O) groups excluding carboxylic acids is 1. The van der Waals surface area contributed by atoms with Crippen molar-refractivity contribution in [2.45, 2.75) is 32.1 Å². The van der Waals surface area contributed by atoms with Crippen LogP contribution in [-0.4, -0.2) is 53.9 Å². The lowest BCUT2D eigenvalue weighted by atomic mass is 9.95. The van der Waals surface area contributed by atoms with Gasteiger partial charge in [0.05, 0.1) is 0 Å². The summed E-state index contributed by atoms with van der Waals surface area (Å²) in [6.45, 7) is 4.17. The molecule has 2 aromatic rings. The van der Waals surface area contributed by atoms with Crippen molar-refractivity contribution >= 4 is 16.8 Å². The van der Waals surface area contributed by atoms with Gasteiger partial charge in [-0.25, -0.2) is 0 Å². The lowest BCUT2D eigenvalue weighted by molar-refractivity contribution is 0.0758. The SMILES string of the molecule is CN(CCN1CCC1)C(=O)c1ccc2[nH]c3c(c2c1)CCCC3. The van der Waals surface area contributed by atoms with E-state index in [0.717, 1.165) is 31.5 Å². The van der Waals surface area contributed by atoms with E-state index in [2.05, 4.69) is 22.0 Å². The lowest BCUT2D eigenvalue weighted by Gasteiger charge is -2.32. The van der Waals surface area contributed by atoms with Gasteiger partial charge in [0.2, 0.25) is 0 Å². The Morgan fingerprint density at radius 3 is 2.83 bits per heavy atom. The minimum absolute atomic E-state index is 0.137. The maximum atomic E-state index is 12.7. The largest absolute Gasteiger partial charge is 0.358 e. The van der Waals surface area contributed by atoms with Crippen molar-refractivity contribution in [1.82, 2.24) is 14.8 Å². The van der Waals surface area contributed by atoms with E-state index in [9.17, 15) is 4.79 Å². The summed E-state index contributed by atoms with van der Waals surface area (Å²) < 4.78 is 0. The number of nitrogens with zero attached hydrogens (tertiary/aromatic N) is 2. The number of aromatic amines is 1. The first-order valence-corrected chi connectivity index (χ1v) is 8.83. The van der Waals surface area contributed by atoms with Crippen molar-refractivity contribution in [3.8, 4) is 0 Å². The number of likely N-dealkylation sites (tertiary alicyclic amines) is 1. The standard InChI is InChI=1S/C19H25N3O/c1-21(11-12-22-9-4-10-22)19(23)14-7-8-18-16(13-14)15-5-2-3-6-17(15)20-18/h7-8,13,20H,2-6,9-12H2,1H3. The molecule has 1 amide bonds. The minimum Gasteiger partial charge on any atom is -0.358 e. The Kier molecular flexibility index (Phi) is 3.85. The maximum absolute atomic E-state index is 12.7. The molecule has 4 nitrogen and oxygen atoms in total. The summed E-state index contributed by atoms with van der Waals surface area (Å²) in [4.78, 5) is 20.5. The molecule has 4 rings (SSSR count). The summed E-state index contributed by atoms with van der Waals surface area (Å²) >= 11 is 0. The number of rotatable bonds is 4. The second kappa shape index (κ2) is 6.00. The molecule has 0 saturated carbocycles. The van der Waals surface area contributed by atoms with Gasteiger partial charge in [-0.05, 0) is 69.0 Å². The Balaban J connectivity index is 1.54. The van der Waals surface area contributed by atoms with Crippen LogP contribution in [-0.2, 0) is 12.8 Å². The third-order valence-electron chi connectivity index (χ3n) is 5.39. The van der Waals surface area contributed by atoms with Crippen LogP contribution in [0.3, 0.4) is 0 Å². The fraction of sp³-hybridized carbons (Fsp3) is 0.526. The topological polar surface area (TPSA) is 39.3 Å². The van der Waals surface area contributed by atoms with Crippen LogP contribution in [0.15, 0.2) is 18.2 Å². The number of H-pyrrole nitrogens is 1. The second-order valence-electron chi connectivity index (χ2n) is 6.97. The molecule has 23 heavy (non-hydrogen) atoms. The van der Waals surface area contributed by atoms with Gasteiger partial charge in [-0.3, -0.25) is 4.79 Å². The van der Waals surface area contributed by atoms with Crippen LogP contribution < -0.4 is 0 Å². The van der Waals surface area contributed by atoms with Gasteiger partial charge in [0.1, 0.15) is 0 Å². The molecule has 2 aliphatic rings. The first-order valence-electron chi connectivity index (χ1n) is 8.83. The van der Waals surface area contributed by atoms with E-state index >= 15 is 0 Å². The Bertz CT molecular complexity index is 730. The number of hydrogen-bond donors (Lipinski definition) is 1. The fourth-order valence-electron chi connectivity index (χ4n) is 3.76. The summed E-state index contributed by atoms with van der Waals surface area (Å²) in [6.07, 6.45) is 6.10. The Morgan fingerprint density at radius 2 is 2.04 bits per heavy atom. The molecular weight excluding hydrogens is 286 g/mol. The molecule has 0 atom stereocenters. The van der Waals surface area contributed by atoms with Crippen LogP contribution in [0.1, 0.15) is 40.9 Å². The van der Waals surface area contributed by atoms with E-state index in [1.807, 2.05) is 18.0 Å². The molecule has 0 spiro atoms. The Hall–Kier alpha value is -1.81. The van der Waals surface area contributed by atoms with Crippen molar-refractivity contribution < 1.29 is 4.79 Å². The van der Waals surface area contributed by atoms with E-state index < -0.39 is 0 Å². The number of aromatic nitrogens is 1. The molecule has 0 radical (unpaired) electrons. The van der Waals surface area contributed by atoms with Gasteiger partial charge in [-0.2, -0.15) is 0 Å². The van der Waals surface area contributed by atoms with Gasteiger partial charge in [-0.15, -0.1) is 0 Å². The molecule has 1 saturated heterocycles. The molecule has 0 unspecified atom stereocenters. The molecule has 4 heteroatoms. The number of benzene rings is 1. The quantitative estimate of drug-likeness (QED) is 0.943. The number of aryl methyl sites for hydroxylation is 2. The zero-order valence-corrected chi connectivity index (χ0v) is 13.9. The van der Waals surface area contributed by atoms with Gasteiger partial charge in [0, 0.05) is 42.3 Å². The molecule has 1 N–H and O–H groups in total. The third-order valence-corrected chi connectivity index (χ3v) is 5.39. The predicted octanol–water partition coefficient (Wildman–Crippen LogP) is 2.82. The first kappa shape index (κ1) is 14.8. The summed E-state index contributed by atoms with van der Waals surface area (Å²) in [5.41, 5.74) is 4.80. The molecule has 1 aromatic heterocycles. The van der Waals surface area contributed by atoms with E-state index in [0.29, 0.717) is 0 Å². The number of likely N-dealkylation sites (N-methyl/N-ethyl adjacent to an activating group) is 1. The van der Waals surface area contributed by atoms with Gasteiger partial charge in [0.15, 0.2) is 0 Å². The lowest BCUT2D eigenvalue weighted by Crippen LogP contribution is -2.43. The summed E-state index contributed by atoms with van der Waals surface area (Å²) in [6, 6.07) is 6.13. The average Bonchev–Trinajstić information content (AvgIpc) is 2.90. The molecule has 122 valence electrons. The molecule has 2 heterocycles. The minimum atomic E-state index is 0.137. The molecule has 0 bridgehead atoms. The summed E-state index contributed by atoms with van der Waals surface area (Å²) in [5, 5.41) is 1.25. The van der Waals surface area contributed by atoms with E-state index in [1.165, 1.54) is 54.5 Å². The number of carbonyl (C=O) groups is 1. The van der Waals surface area contributed by atoms with E-state index in [1.54, 1.807) is 0 Å². The van der Waals surface area contributed by atoms with Crippen LogP contribution in [0.4, 0.5) is 0 Å². The molecule has 1 aliphatic heterocycles. The van der Waals surface area contributed by atoms with Crippen LogP contribution >= 0.6 is 0 Å². The molecular formula is C19H25N3O. The van der Waals surface area contributed by atoms with Crippen molar-refractivity contribution in [3.63, 3.8) is 0 Å². The molecule has 1 aromatic carbocycles. The Morgan fingerprint density at radius 1 is 1.22 bits per heavy atom. The van der Waals surface area contributed by atoms with Gasteiger partial charge in [-0.1, -0.05) is 0 Å². The van der Waals surface area contributed by atoms with Gasteiger partial charge >= 0.3 is 0 Å². The van der Waals surface area contributed by atoms with Crippen molar-refractivity contribution in [2.24, 2.45) is 0 Å². The molecule has 1 fully saturated rings. The normalized spacial score (nSPS) is 17.8.